The third-order valence-electron chi connectivity index (χ3n) is 6.64. The zero-order valence-corrected chi connectivity index (χ0v) is 20.3. The van der Waals surface area contributed by atoms with Gasteiger partial charge in [-0.05, 0) is 55.3 Å². The number of amides is 2. The second-order valence-electron chi connectivity index (χ2n) is 8.88. The molecule has 37 heavy (non-hydrogen) atoms. The quantitative estimate of drug-likeness (QED) is 0.425. The molecule has 2 aromatic rings. The molecule has 2 saturated heterocycles. The zero-order chi connectivity index (χ0) is 26.8. The molecule has 2 aliphatic rings. The van der Waals surface area contributed by atoms with E-state index in [-0.39, 0.29) is 49.6 Å². The highest BCUT2D eigenvalue weighted by Crippen LogP contribution is 2.36. The van der Waals surface area contributed by atoms with E-state index in [1.54, 1.807) is 0 Å². The lowest BCUT2D eigenvalue weighted by molar-refractivity contribution is -0.137. The molecule has 0 radical (unpaired) electrons. The number of nitrogens with one attached hydrogen (secondary N) is 1. The number of hydrogen-bond donors (Lipinski definition) is 2. The van der Waals surface area contributed by atoms with Crippen LogP contribution in [0.2, 0.25) is 0 Å². The molecule has 0 aliphatic carbocycles. The average Bonchev–Trinajstić information content (AvgIpc) is 3.36. The summed E-state index contributed by atoms with van der Waals surface area (Å²) in [5.74, 6) is -1.24. The third-order valence-corrected chi connectivity index (χ3v) is 9.15. The summed E-state index contributed by atoms with van der Waals surface area (Å²) in [5, 5.41) is 9.15. The molecule has 13 heteroatoms. The number of rotatable bonds is 6. The predicted octanol–water partition coefficient (Wildman–Crippen LogP) is 2.83. The molecule has 0 saturated carbocycles. The van der Waals surface area contributed by atoms with Gasteiger partial charge in [0.2, 0.25) is 0 Å². The van der Waals surface area contributed by atoms with Crippen LogP contribution >= 0.6 is 0 Å². The van der Waals surface area contributed by atoms with E-state index in [2.05, 4.69) is 0 Å². The highest BCUT2D eigenvalue weighted by atomic mass is 32.2. The molecule has 0 aromatic heterocycles. The van der Waals surface area contributed by atoms with Crippen molar-refractivity contribution in [3.63, 3.8) is 0 Å². The van der Waals surface area contributed by atoms with Crippen LogP contribution in [-0.4, -0.2) is 67.5 Å². The van der Waals surface area contributed by atoms with Crippen molar-refractivity contribution in [2.45, 2.75) is 41.2 Å². The molecule has 2 aromatic carbocycles. The van der Waals surface area contributed by atoms with Gasteiger partial charge in [0.15, 0.2) is 14.6 Å². The minimum atomic E-state index is -4.56. The van der Waals surface area contributed by atoms with Gasteiger partial charge in [0.05, 0.1) is 17.0 Å². The Balaban J connectivity index is 1.43. The van der Waals surface area contributed by atoms with E-state index in [4.69, 9.17) is 14.7 Å². The van der Waals surface area contributed by atoms with Crippen molar-refractivity contribution in [2.75, 3.05) is 26.3 Å². The van der Waals surface area contributed by atoms with Gasteiger partial charge in [-0.1, -0.05) is 6.07 Å². The molecule has 2 N–H and O–H groups in total. The normalized spacial score (nSPS) is 19.9. The number of hydroxylamine groups is 1. The highest BCUT2D eigenvalue weighted by molar-refractivity contribution is 7.93. The number of likely N-dealkylation sites (tertiary alicyclic amines) is 1. The summed E-state index contributed by atoms with van der Waals surface area (Å²) in [6.45, 7) is 0.526. The average molecular weight is 543 g/mol. The first kappa shape index (κ1) is 26.9. The summed E-state index contributed by atoms with van der Waals surface area (Å²) in [6.07, 6.45) is -4.79. The van der Waals surface area contributed by atoms with E-state index in [1.165, 1.54) is 46.8 Å². The Kier molecular flexibility index (Phi) is 7.49. The summed E-state index contributed by atoms with van der Waals surface area (Å²) < 4.78 is 74.8. The molecule has 2 aliphatic heterocycles. The summed E-state index contributed by atoms with van der Waals surface area (Å²) in [7, 11) is -4.18. The number of hydrogen-bond acceptors (Lipinski definition) is 7. The van der Waals surface area contributed by atoms with Crippen LogP contribution in [0.4, 0.5) is 13.2 Å². The molecule has 2 heterocycles. The molecular formula is C24H25F3N2O7S. The maximum Gasteiger partial charge on any atom is 0.416 e. The number of carbonyl (C=O) groups excluding carboxylic acids is 2. The summed E-state index contributed by atoms with van der Waals surface area (Å²) in [5.41, 5.74) is 0.486. The van der Waals surface area contributed by atoms with Crippen LogP contribution in [0.5, 0.6) is 5.75 Å². The van der Waals surface area contributed by atoms with Crippen LogP contribution in [0.3, 0.4) is 0 Å². The lowest BCUT2D eigenvalue weighted by atomic mass is 9.98. The molecule has 200 valence electrons. The standard InChI is InChI=1S/C24H25F3N2O7S/c25-24(26,27)17-3-1-2-16(14-17)21(30)29-11-8-19(15-29)36-18-4-6-20(7-5-18)37(33,34)23(22(31)28-32)9-12-35-13-10-23/h1-7,14,19,32H,8-13,15H2,(H,28,31)/t19-/m0/s1. The summed E-state index contributed by atoms with van der Waals surface area (Å²) in [6, 6.07) is 9.67. The van der Waals surface area contributed by atoms with Crippen molar-refractivity contribution in [1.82, 2.24) is 10.4 Å². The molecule has 0 spiro atoms. The Morgan fingerprint density at radius 1 is 1.11 bits per heavy atom. The molecule has 2 amide bonds. The van der Waals surface area contributed by atoms with Crippen molar-refractivity contribution in [2.24, 2.45) is 0 Å². The number of alkyl halides is 3. The number of ether oxygens (including phenoxy) is 2. The van der Waals surface area contributed by atoms with Crippen molar-refractivity contribution in [3.05, 3.63) is 59.7 Å². The van der Waals surface area contributed by atoms with Gasteiger partial charge in [-0.15, -0.1) is 0 Å². The number of nitrogens with zero attached hydrogens (tertiary/aromatic N) is 1. The minimum Gasteiger partial charge on any atom is -0.489 e. The van der Waals surface area contributed by atoms with E-state index in [0.717, 1.165) is 12.1 Å². The second kappa shape index (κ2) is 10.3. The molecule has 0 unspecified atom stereocenters. The maximum atomic E-state index is 13.3. The van der Waals surface area contributed by atoms with E-state index >= 15 is 0 Å². The number of sulfone groups is 1. The SMILES string of the molecule is O=C(c1cccc(C(F)(F)F)c1)N1CC[C@H](Oc2ccc(S(=O)(=O)C3(C(=O)NO)CCOCC3)cc2)C1. The zero-order valence-electron chi connectivity index (χ0n) is 19.5. The fraction of sp³-hybridized carbons (Fsp3) is 0.417. The maximum absolute atomic E-state index is 13.3. The third kappa shape index (κ3) is 5.29. The van der Waals surface area contributed by atoms with Crippen molar-refractivity contribution < 1.29 is 45.9 Å². The lowest BCUT2D eigenvalue weighted by Gasteiger charge is -2.34. The van der Waals surface area contributed by atoms with Gasteiger partial charge in [-0.3, -0.25) is 14.8 Å². The van der Waals surface area contributed by atoms with Gasteiger partial charge in [0, 0.05) is 31.7 Å². The second-order valence-corrected chi connectivity index (χ2v) is 11.1. The smallest absolute Gasteiger partial charge is 0.416 e. The number of carbonyl (C=O) groups is 2. The van der Waals surface area contributed by atoms with Gasteiger partial charge in [0.1, 0.15) is 11.9 Å². The monoisotopic (exact) mass is 542 g/mol. The van der Waals surface area contributed by atoms with Crippen molar-refractivity contribution in [1.29, 1.82) is 0 Å². The van der Waals surface area contributed by atoms with Gasteiger partial charge in [-0.25, -0.2) is 13.9 Å². The lowest BCUT2D eigenvalue weighted by Crippen LogP contribution is -2.54. The molecular weight excluding hydrogens is 517 g/mol. The largest absolute Gasteiger partial charge is 0.489 e. The first-order valence-corrected chi connectivity index (χ1v) is 13.0. The summed E-state index contributed by atoms with van der Waals surface area (Å²) >= 11 is 0. The van der Waals surface area contributed by atoms with Crippen LogP contribution < -0.4 is 10.2 Å². The van der Waals surface area contributed by atoms with Gasteiger partial charge in [0.25, 0.3) is 11.8 Å². The Hall–Kier alpha value is -3.16. The Morgan fingerprint density at radius 3 is 2.41 bits per heavy atom. The highest BCUT2D eigenvalue weighted by Gasteiger charge is 2.52. The first-order valence-electron chi connectivity index (χ1n) is 11.5. The Labute approximate surface area is 211 Å². The number of halogens is 3. The summed E-state index contributed by atoms with van der Waals surface area (Å²) in [4.78, 5) is 26.3. The van der Waals surface area contributed by atoms with E-state index < -0.39 is 44.2 Å². The minimum absolute atomic E-state index is 0.0469. The van der Waals surface area contributed by atoms with E-state index in [0.29, 0.717) is 12.2 Å². The van der Waals surface area contributed by atoms with Crippen LogP contribution in [0.25, 0.3) is 0 Å². The topological polar surface area (TPSA) is 122 Å². The predicted molar refractivity (Wildman–Crippen MR) is 123 cm³/mol. The Morgan fingerprint density at radius 2 is 1.78 bits per heavy atom. The van der Waals surface area contributed by atoms with Crippen molar-refractivity contribution >= 4 is 21.7 Å². The van der Waals surface area contributed by atoms with E-state index in [9.17, 15) is 31.2 Å². The van der Waals surface area contributed by atoms with Gasteiger partial charge >= 0.3 is 6.18 Å². The van der Waals surface area contributed by atoms with Crippen molar-refractivity contribution in [3.8, 4) is 5.75 Å². The first-order chi connectivity index (χ1) is 17.5. The molecule has 4 rings (SSSR count). The van der Waals surface area contributed by atoms with Gasteiger partial charge < -0.3 is 14.4 Å². The molecule has 2 fully saturated rings. The fourth-order valence-corrected chi connectivity index (χ4v) is 6.50. The molecule has 0 bridgehead atoms. The fourth-order valence-electron chi connectivity index (χ4n) is 4.56. The van der Waals surface area contributed by atoms with Crippen LogP contribution in [-0.2, 0) is 25.5 Å². The van der Waals surface area contributed by atoms with E-state index in [1.807, 2.05) is 0 Å². The molecule has 1 atom stereocenters. The Bertz CT molecular complexity index is 1260. The van der Waals surface area contributed by atoms with Crippen LogP contribution in [0, 0.1) is 0 Å². The molecule has 9 nitrogen and oxygen atoms in total. The van der Waals surface area contributed by atoms with Crippen LogP contribution in [0.1, 0.15) is 35.2 Å². The van der Waals surface area contributed by atoms with Crippen LogP contribution in [0.15, 0.2) is 53.4 Å². The van der Waals surface area contributed by atoms with Gasteiger partial charge in [-0.2, -0.15) is 13.2 Å². The number of benzene rings is 2.